The fourth-order valence-electron chi connectivity index (χ4n) is 2.98. The molecule has 25 heavy (non-hydrogen) atoms. The van der Waals surface area contributed by atoms with Crippen molar-refractivity contribution in [3.8, 4) is 0 Å². The average molecular weight is 355 g/mol. The summed E-state index contributed by atoms with van der Waals surface area (Å²) in [6.07, 6.45) is 0. The third kappa shape index (κ3) is 3.50. The van der Waals surface area contributed by atoms with Gasteiger partial charge >= 0.3 is 0 Å². The van der Waals surface area contributed by atoms with E-state index in [9.17, 15) is 8.42 Å². The quantitative estimate of drug-likeness (QED) is 0.765. The molecule has 1 N–H and O–H groups in total. The molecule has 3 rings (SSSR count). The number of hydrogen-bond donors (Lipinski definition) is 1. The van der Waals surface area contributed by atoms with Crippen molar-refractivity contribution in [3.05, 3.63) is 83.2 Å². The highest BCUT2D eigenvalue weighted by Gasteiger charge is 2.28. The van der Waals surface area contributed by atoms with Gasteiger partial charge in [-0.25, -0.2) is 8.42 Å². The second kappa shape index (κ2) is 6.82. The summed E-state index contributed by atoms with van der Waals surface area (Å²) in [5.74, 6) is 0. The zero-order valence-electron chi connectivity index (χ0n) is 14.5. The van der Waals surface area contributed by atoms with Crippen LogP contribution >= 0.6 is 0 Å². The highest BCUT2D eigenvalue weighted by molar-refractivity contribution is 7.89. The van der Waals surface area contributed by atoms with Crippen molar-refractivity contribution in [1.29, 1.82) is 0 Å². The maximum atomic E-state index is 13.1. The van der Waals surface area contributed by atoms with E-state index in [1.807, 2.05) is 60.7 Å². The third-order valence-electron chi connectivity index (χ3n) is 4.25. The second-order valence-corrected chi connectivity index (χ2v) is 7.65. The van der Waals surface area contributed by atoms with Gasteiger partial charge in [0.05, 0.1) is 17.4 Å². The molecule has 0 amide bonds. The summed E-state index contributed by atoms with van der Waals surface area (Å²) in [6, 6.07) is 18.6. The van der Waals surface area contributed by atoms with Crippen molar-refractivity contribution >= 4 is 10.0 Å². The van der Waals surface area contributed by atoms with Crippen molar-refractivity contribution < 1.29 is 8.42 Å². The predicted octanol–water partition coefficient (Wildman–Crippen LogP) is 3.10. The van der Waals surface area contributed by atoms with Gasteiger partial charge < -0.3 is 0 Å². The highest BCUT2D eigenvalue weighted by atomic mass is 32.2. The Balaban J connectivity index is 2.06. The Bertz CT molecular complexity index is 925. The van der Waals surface area contributed by atoms with E-state index >= 15 is 0 Å². The van der Waals surface area contributed by atoms with Crippen LogP contribution in [0, 0.1) is 13.8 Å². The summed E-state index contributed by atoms with van der Waals surface area (Å²) in [4.78, 5) is 0.242. The summed E-state index contributed by atoms with van der Waals surface area (Å²) in [7, 11) is -1.99. The summed E-state index contributed by atoms with van der Waals surface area (Å²) < 4.78 is 30.6. The van der Waals surface area contributed by atoms with Crippen LogP contribution in [0.4, 0.5) is 0 Å². The minimum atomic E-state index is -3.73. The molecule has 0 saturated carbocycles. The second-order valence-electron chi connectivity index (χ2n) is 6.00. The highest BCUT2D eigenvalue weighted by Crippen LogP contribution is 2.26. The molecule has 0 spiro atoms. The first-order chi connectivity index (χ1) is 11.9. The van der Waals surface area contributed by atoms with Crippen LogP contribution in [0.2, 0.25) is 0 Å². The first-order valence-corrected chi connectivity index (χ1v) is 9.51. The summed E-state index contributed by atoms with van der Waals surface area (Å²) in [6.45, 7) is 3.47. The lowest BCUT2D eigenvalue weighted by molar-refractivity contribution is 0.570. The van der Waals surface area contributed by atoms with Gasteiger partial charge in [-0.15, -0.1) is 0 Å². The van der Waals surface area contributed by atoms with E-state index in [4.69, 9.17) is 0 Å². The van der Waals surface area contributed by atoms with Crippen LogP contribution in [0.15, 0.2) is 65.6 Å². The van der Waals surface area contributed by atoms with Crippen molar-refractivity contribution in [3.63, 3.8) is 0 Å². The molecule has 130 valence electrons. The molecule has 2 aromatic carbocycles. The van der Waals surface area contributed by atoms with Crippen LogP contribution in [0.3, 0.4) is 0 Å². The van der Waals surface area contributed by atoms with Gasteiger partial charge in [0.25, 0.3) is 0 Å². The minimum absolute atomic E-state index is 0.242. The lowest BCUT2D eigenvalue weighted by atomic mass is 10.00. The number of nitrogens with one attached hydrogen (secondary N) is 1. The van der Waals surface area contributed by atoms with Gasteiger partial charge in [0.2, 0.25) is 10.0 Å². The van der Waals surface area contributed by atoms with Gasteiger partial charge in [-0.2, -0.15) is 9.82 Å². The molecule has 0 unspecified atom stereocenters. The molecule has 0 atom stereocenters. The predicted molar refractivity (Wildman–Crippen MR) is 97.7 cm³/mol. The van der Waals surface area contributed by atoms with Crippen molar-refractivity contribution in [2.45, 2.75) is 24.8 Å². The Labute approximate surface area is 148 Å². The van der Waals surface area contributed by atoms with Crippen LogP contribution < -0.4 is 4.72 Å². The Morgan fingerprint density at radius 1 is 0.920 bits per heavy atom. The van der Waals surface area contributed by atoms with E-state index in [2.05, 4.69) is 9.82 Å². The number of benzene rings is 2. The van der Waals surface area contributed by atoms with E-state index in [0.29, 0.717) is 11.4 Å². The molecular weight excluding hydrogens is 334 g/mol. The smallest absolute Gasteiger partial charge is 0.245 e. The van der Waals surface area contributed by atoms with Gasteiger partial charge in [-0.1, -0.05) is 60.7 Å². The fourth-order valence-corrected chi connectivity index (χ4v) is 4.63. The van der Waals surface area contributed by atoms with Crippen molar-refractivity contribution in [2.75, 3.05) is 0 Å². The summed E-state index contributed by atoms with van der Waals surface area (Å²) in [5.41, 5.74) is 2.88. The topological polar surface area (TPSA) is 64.0 Å². The van der Waals surface area contributed by atoms with Crippen molar-refractivity contribution in [1.82, 2.24) is 14.5 Å². The number of hydrogen-bond acceptors (Lipinski definition) is 3. The largest absolute Gasteiger partial charge is 0.271 e. The number of rotatable bonds is 5. The van der Waals surface area contributed by atoms with Crippen LogP contribution in [0.25, 0.3) is 0 Å². The van der Waals surface area contributed by atoms with E-state index in [1.54, 1.807) is 25.6 Å². The molecule has 3 aromatic rings. The lowest BCUT2D eigenvalue weighted by Gasteiger charge is -2.20. The Morgan fingerprint density at radius 2 is 1.40 bits per heavy atom. The zero-order chi connectivity index (χ0) is 18.0. The van der Waals surface area contributed by atoms with Crippen molar-refractivity contribution in [2.24, 2.45) is 7.05 Å². The molecule has 0 fully saturated rings. The Hall–Kier alpha value is -2.44. The Kier molecular flexibility index (Phi) is 4.74. The number of aromatic nitrogens is 2. The molecule has 0 aliphatic rings. The standard InChI is InChI=1S/C19H21N3O2S/c1-14-19(15(2)22(3)20-14)25(23,24)21-18(16-10-6-4-7-11-16)17-12-8-5-9-13-17/h4-13,18,21H,1-3H3. The molecule has 1 heterocycles. The molecule has 1 aromatic heterocycles. The maximum Gasteiger partial charge on any atom is 0.245 e. The molecule has 5 nitrogen and oxygen atoms in total. The zero-order valence-corrected chi connectivity index (χ0v) is 15.3. The lowest BCUT2D eigenvalue weighted by Crippen LogP contribution is -2.30. The fraction of sp³-hybridized carbons (Fsp3) is 0.211. The van der Waals surface area contributed by atoms with E-state index < -0.39 is 16.1 Å². The van der Waals surface area contributed by atoms with Gasteiger partial charge in [-0.05, 0) is 25.0 Å². The SMILES string of the molecule is Cc1nn(C)c(C)c1S(=O)(=O)NC(c1ccccc1)c1ccccc1. The molecule has 0 saturated heterocycles. The molecule has 6 heteroatoms. The number of nitrogens with zero attached hydrogens (tertiary/aromatic N) is 2. The first kappa shape index (κ1) is 17.4. The van der Waals surface area contributed by atoms with Gasteiger partial charge in [0.15, 0.2) is 0 Å². The summed E-state index contributed by atoms with van der Waals surface area (Å²) in [5, 5.41) is 4.23. The normalized spacial score (nSPS) is 11.8. The molecular formula is C19H21N3O2S. The van der Waals surface area contributed by atoms with E-state index in [1.165, 1.54) is 0 Å². The van der Waals surface area contributed by atoms with Gasteiger partial charge in [0, 0.05) is 7.05 Å². The van der Waals surface area contributed by atoms with Crippen LogP contribution in [-0.4, -0.2) is 18.2 Å². The van der Waals surface area contributed by atoms with Crippen LogP contribution in [0.5, 0.6) is 0 Å². The van der Waals surface area contributed by atoms with Crippen LogP contribution in [0.1, 0.15) is 28.6 Å². The molecule has 0 radical (unpaired) electrons. The first-order valence-electron chi connectivity index (χ1n) is 8.02. The average Bonchev–Trinajstić information content (AvgIpc) is 2.87. The van der Waals surface area contributed by atoms with E-state index in [0.717, 1.165) is 11.1 Å². The number of aryl methyl sites for hydroxylation is 2. The van der Waals surface area contributed by atoms with Gasteiger partial charge in [0.1, 0.15) is 4.90 Å². The van der Waals surface area contributed by atoms with Crippen LogP contribution in [-0.2, 0) is 17.1 Å². The molecule has 0 aliphatic carbocycles. The molecule has 0 bridgehead atoms. The summed E-state index contributed by atoms with van der Waals surface area (Å²) >= 11 is 0. The monoisotopic (exact) mass is 355 g/mol. The number of sulfonamides is 1. The molecule has 0 aliphatic heterocycles. The van der Waals surface area contributed by atoms with Gasteiger partial charge in [-0.3, -0.25) is 4.68 Å². The maximum absolute atomic E-state index is 13.1. The third-order valence-corrected chi connectivity index (χ3v) is 5.92. The van der Waals surface area contributed by atoms with E-state index in [-0.39, 0.29) is 4.90 Å². The Morgan fingerprint density at radius 3 is 1.80 bits per heavy atom. The minimum Gasteiger partial charge on any atom is -0.271 e.